The summed E-state index contributed by atoms with van der Waals surface area (Å²) in [6.45, 7) is 6.51. The Labute approximate surface area is 256 Å². The minimum atomic E-state index is -0.758. The molecule has 2 atom stereocenters. The molecular weight excluding hydrogens is 554 g/mol. The molecule has 1 fully saturated rings. The molecule has 0 radical (unpaired) electrons. The number of guanidine groups is 1. The summed E-state index contributed by atoms with van der Waals surface area (Å²) < 4.78 is 1.79. The molecule has 11 nitrogen and oxygen atoms in total. The van der Waals surface area contributed by atoms with Crippen LogP contribution < -0.4 is 21.7 Å². The monoisotopic (exact) mass is 591 g/mol. The predicted octanol–water partition coefficient (Wildman–Crippen LogP) is 3.52. The Balaban J connectivity index is 1.47. The Morgan fingerprint density at radius 3 is 2.61 bits per heavy atom. The van der Waals surface area contributed by atoms with Gasteiger partial charge in [0.25, 0.3) is 5.91 Å². The van der Waals surface area contributed by atoms with Gasteiger partial charge in [-0.15, -0.1) is 0 Å². The van der Waals surface area contributed by atoms with Crippen molar-refractivity contribution >= 4 is 34.5 Å². The molecule has 1 aliphatic rings. The number of carbonyl (C=O) groups is 2. The number of nitrogens with zero attached hydrogens (tertiary/aromatic N) is 5. The molecule has 226 valence electrons. The zero-order valence-electron chi connectivity index (χ0n) is 25.0. The summed E-state index contributed by atoms with van der Waals surface area (Å²) >= 11 is 0. The first-order valence-electron chi connectivity index (χ1n) is 14.7. The minimum Gasteiger partial charge on any atom is -0.370 e. The molecule has 0 spiro atoms. The van der Waals surface area contributed by atoms with Gasteiger partial charge in [0.1, 0.15) is 11.9 Å². The maximum atomic E-state index is 13.7. The molecule has 0 saturated carbocycles. The first kappa shape index (κ1) is 30.1. The molecule has 11 heteroatoms. The molecule has 2 amide bonds. The fourth-order valence-electron chi connectivity index (χ4n) is 5.91. The van der Waals surface area contributed by atoms with E-state index in [1.807, 2.05) is 17.0 Å². The zero-order valence-corrected chi connectivity index (χ0v) is 25.0. The summed E-state index contributed by atoms with van der Waals surface area (Å²) in [5.74, 6) is -0.284. The second kappa shape index (κ2) is 12.9. The van der Waals surface area contributed by atoms with Crippen molar-refractivity contribution < 1.29 is 9.59 Å². The number of benzene rings is 3. The van der Waals surface area contributed by atoms with Gasteiger partial charge < -0.3 is 31.2 Å². The number of aromatic nitrogens is 2. The number of anilines is 1. The second-order valence-electron chi connectivity index (χ2n) is 11.2. The van der Waals surface area contributed by atoms with Crippen molar-refractivity contribution in [3.05, 3.63) is 83.4 Å². The van der Waals surface area contributed by atoms with Crippen LogP contribution in [0.2, 0.25) is 0 Å². The number of hydrogen-bond acceptors (Lipinski definition) is 6. The van der Waals surface area contributed by atoms with Crippen molar-refractivity contribution in [2.24, 2.45) is 11.5 Å². The molecule has 3 aromatic carbocycles. The van der Waals surface area contributed by atoms with Gasteiger partial charge in [-0.2, -0.15) is 5.26 Å². The predicted molar refractivity (Wildman–Crippen MR) is 171 cm³/mol. The highest BCUT2D eigenvalue weighted by Crippen LogP contribution is 2.32. The average Bonchev–Trinajstić information content (AvgIpc) is 3.38. The first-order valence-corrected chi connectivity index (χ1v) is 14.7. The maximum Gasteiger partial charge on any atom is 0.254 e. The lowest BCUT2D eigenvalue weighted by Gasteiger charge is -2.41. The van der Waals surface area contributed by atoms with Crippen LogP contribution in [0.1, 0.15) is 47.3 Å². The number of hydrogen-bond donors (Lipinski definition) is 4. The van der Waals surface area contributed by atoms with Crippen LogP contribution >= 0.6 is 0 Å². The fourth-order valence-corrected chi connectivity index (χ4v) is 5.91. The van der Waals surface area contributed by atoms with Crippen molar-refractivity contribution in [1.29, 1.82) is 10.7 Å². The van der Waals surface area contributed by atoms with Crippen molar-refractivity contribution in [2.45, 2.75) is 38.8 Å². The number of amides is 2. The molecular formula is C33H37N9O2. The van der Waals surface area contributed by atoms with Crippen LogP contribution in [0.5, 0.6) is 0 Å². The Morgan fingerprint density at radius 2 is 1.91 bits per heavy atom. The summed E-state index contributed by atoms with van der Waals surface area (Å²) in [5.41, 5.74) is 16.5. The first-order chi connectivity index (χ1) is 21.2. The lowest BCUT2D eigenvalue weighted by atomic mass is 10.1. The lowest BCUT2D eigenvalue weighted by Crippen LogP contribution is -2.53. The third kappa shape index (κ3) is 6.34. The second-order valence-corrected chi connectivity index (χ2v) is 11.2. The molecule has 5 rings (SSSR count). The molecule has 1 aromatic heterocycles. The molecule has 1 saturated heterocycles. The minimum absolute atomic E-state index is 0.0769. The molecule has 4 aromatic rings. The highest BCUT2D eigenvalue weighted by molar-refractivity contribution is 5.98. The van der Waals surface area contributed by atoms with Crippen molar-refractivity contribution in [2.75, 3.05) is 31.1 Å². The fraction of sp³-hybridized carbons (Fsp3) is 0.303. The van der Waals surface area contributed by atoms with E-state index in [9.17, 15) is 14.9 Å². The van der Waals surface area contributed by atoms with E-state index in [0.29, 0.717) is 66.0 Å². The van der Waals surface area contributed by atoms with Gasteiger partial charge in [0.15, 0.2) is 5.96 Å². The molecule has 1 unspecified atom stereocenters. The summed E-state index contributed by atoms with van der Waals surface area (Å²) in [4.78, 5) is 35.6. The van der Waals surface area contributed by atoms with Crippen LogP contribution in [0.15, 0.2) is 66.7 Å². The van der Waals surface area contributed by atoms with Gasteiger partial charge >= 0.3 is 0 Å². The van der Waals surface area contributed by atoms with Crippen LogP contribution in [-0.4, -0.2) is 64.4 Å². The van der Waals surface area contributed by atoms with Gasteiger partial charge in [-0.05, 0) is 74.7 Å². The molecule has 1 aliphatic heterocycles. The van der Waals surface area contributed by atoms with E-state index in [-0.39, 0.29) is 17.9 Å². The molecule has 0 aliphatic carbocycles. The van der Waals surface area contributed by atoms with Gasteiger partial charge in [0.05, 0.1) is 22.7 Å². The number of aryl methyl sites for hydroxylation is 1. The van der Waals surface area contributed by atoms with E-state index >= 15 is 0 Å². The summed E-state index contributed by atoms with van der Waals surface area (Å²) in [6.07, 6.45) is 0.892. The molecule has 44 heavy (non-hydrogen) atoms. The quantitative estimate of drug-likeness (QED) is 0.131. The molecule has 6 N–H and O–H groups in total. The zero-order chi connectivity index (χ0) is 31.4. The number of nitriles is 1. The van der Waals surface area contributed by atoms with Gasteiger partial charge in [0, 0.05) is 49.0 Å². The van der Waals surface area contributed by atoms with E-state index < -0.39 is 11.9 Å². The van der Waals surface area contributed by atoms with Gasteiger partial charge in [-0.3, -0.25) is 15.0 Å². The van der Waals surface area contributed by atoms with Crippen LogP contribution in [0.25, 0.3) is 22.4 Å². The Bertz CT molecular complexity index is 1760. The summed E-state index contributed by atoms with van der Waals surface area (Å²) in [7, 11) is 0. The van der Waals surface area contributed by atoms with Gasteiger partial charge in [-0.25, -0.2) is 4.98 Å². The molecule has 0 bridgehead atoms. The number of rotatable bonds is 9. The van der Waals surface area contributed by atoms with Crippen molar-refractivity contribution in [1.82, 2.24) is 19.8 Å². The van der Waals surface area contributed by atoms with Crippen LogP contribution in [0.3, 0.4) is 0 Å². The number of piperazine rings is 1. The number of fused-ring (bicyclic) bond motifs is 1. The normalized spacial score (nSPS) is 15.5. The molecule has 2 heterocycles. The van der Waals surface area contributed by atoms with Gasteiger partial charge in [0.2, 0.25) is 5.91 Å². The van der Waals surface area contributed by atoms with E-state index in [1.165, 1.54) is 5.56 Å². The Kier molecular flexibility index (Phi) is 8.81. The smallest absolute Gasteiger partial charge is 0.254 e. The number of imidazole rings is 1. The van der Waals surface area contributed by atoms with Crippen molar-refractivity contribution in [3.63, 3.8) is 0 Å². The number of nitrogens with two attached hydrogens (primary N) is 2. The third-order valence-corrected chi connectivity index (χ3v) is 8.04. The number of carbonyl (C=O) groups excluding carboxylic acids is 2. The third-order valence-electron chi connectivity index (χ3n) is 8.04. The van der Waals surface area contributed by atoms with Crippen molar-refractivity contribution in [3.8, 4) is 17.5 Å². The number of primary amides is 1. The average molecular weight is 592 g/mol. The topological polar surface area (TPSA) is 170 Å². The highest BCUT2D eigenvalue weighted by Gasteiger charge is 2.29. The Morgan fingerprint density at radius 1 is 1.11 bits per heavy atom. The van der Waals surface area contributed by atoms with Crippen LogP contribution in [0, 0.1) is 23.7 Å². The largest absolute Gasteiger partial charge is 0.370 e. The summed E-state index contributed by atoms with van der Waals surface area (Å²) in [6, 6.07) is 22.3. The SMILES string of the molecule is Cc1cccc(N2CCN(C(=O)c3ccc4c(c3)nc(-c3cccc(C#N)c3)n4[C@@H](CCCNC(=N)N)C(N)=O)CC2C)c1. The maximum absolute atomic E-state index is 13.7. The lowest BCUT2D eigenvalue weighted by molar-refractivity contribution is -0.121. The van der Waals surface area contributed by atoms with Crippen LogP contribution in [-0.2, 0) is 4.79 Å². The van der Waals surface area contributed by atoms with Gasteiger partial charge in [-0.1, -0.05) is 24.3 Å². The van der Waals surface area contributed by atoms with Crippen LogP contribution in [0.4, 0.5) is 5.69 Å². The summed E-state index contributed by atoms with van der Waals surface area (Å²) in [5, 5.41) is 19.7. The Hall–Kier alpha value is -5.37. The standard InChI is InChI=1S/C33H37N9O2/c1-21-6-3-9-26(16-21)41-15-14-40(20-22(41)2)32(44)25-11-12-28-27(18-25)39-31(24-8-4-7-23(17-24)19-34)42(28)29(30(35)43)10-5-13-38-33(36)37/h3-4,6-9,11-12,16-18,22,29H,5,10,13-15,20H2,1-2H3,(H2,35,43)(H4,36,37,38)/t22?,29-/m0/s1. The van der Waals surface area contributed by atoms with E-state index in [2.05, 4.69) is 54.4 Å². The number of nitrogens with one attached hydrogen (secondary N) is 2. The van der Waals surface area contributed by atoms with E-state index in [0.717, 1.165) is 12.2 Å². The highest BCUT2D eigenvalue weighted by atomic mass is 16.2. The van der Waals surface area contributed by atoms with E-state index in [4.69, 9.17) is 21.9 Å². The van der Waals surface area contributed by atoms with E-state index in [1.54, 1.807) is 34.9 Å².